The maximum absolute atomic E-state index is 14.2. The Balaban J connectivity index is 0.00000198. The van der Waals surface area contributed by atoms with Crippen molar-refractivity contribution in [3.05, 3.63) is 137 Å². The first-order chi connectivity index (χ1) is 20.4. The lowest BCUT2D eigenvalue weighted by Gasteiger charge is -2.20. The van der Waals surface area contributed by atoms with Crippen LogP contribution in [0.4, 0.5) is 0 Å². The van der Waals surface area contributed by atoms with E-state index in [1.165, 1.54) is 5.56 Å². The molecule has 0 aliphatic carbocycles. The zero-order chi connectivity index (χ0) is 30.2. The third kappa shape index (κ3) is 6.60. The van der Waals surface area contributed by atoms with Crippen LogP contribution >= 0.6 is 0 Å². The normalized spacial score (nSPS) is 12.2. The van der Waals surface area contributed by atoms with Crippen LogP contribution < -0.4 is 15.6 Å². The Morgan fingerprint density at radius 3 is 2.26 bits per heavy atom. The summed E-state index contributed by atoms with van der Waals surface area (Å²) in [5.74, 6) is 0.243. The first kappa shape index (κ1) is 30.3. The van der Waals surface area contributed by atoms with Crippen LogP contribution in [0, 0.1) is 5.41 Å². The summed E-state index contributed by atoms with van der Waals surface area (Å²) in [4.78, 5) is 14.2. The molecule has 2 heterocycles. The summed E-state index contributed by atoms with van der Waals surface area (Å²) in [5, 5.41) is 12.3. The highest BCUT2D eigenvalue weighted by Gasteiger charge is 2.23. The van der Waals surface area contributed by atoms with Crippen molar-refractivity contribution < 1.29 is 9.36 Å². The molecule has 0 aliphatic rings. The van der Waals surface area contributed by atoms with Crippen LogP contribution in [0.25, 0.3) is 10.9 Å². The highest BCUT2D eigenvalue weighted by Crippen LogP contribution is 2.31. The number of benzene rings is 3. The number of nitrogens with one attached hydrogen (secondary N) is 2. The highest BCUT2D eigenvalue weighted by atomic mass is 16.2. The van der Waals surface area contributed by atoms with E-state index < -0.39 is 0 Å². The van der Waals surface area contributed by atoms with Crippen LogP contribution in [0.15, 0.2) is 103 Å². The quantitative estimate of drug-likeness (QED) is 0.105. The minimum Gasteiger partial charge on any atom is -0.384 e. The van der Waals surface area contributed by atoms with Crippen molar-refractivity contribution >= 4 is 22.6 Å². The molecule has 0 fully saturated rings. The van der Waals surface area contributed by atoms with E-state index >= 15 is 0 Å². The van der Waals surface area contributed by atoms with Crippen LogP contribution in [-0.4, -0.2) is 16.3 Å². The molecular weight excluding hydrogens is 518 g/mol. The van der Waals surface area contributed by atoms with Crippen LogP contribution in [0.2, 0.25) is 0 Å². The average Bonchev–Trinajstić information content (AvgIpc) is 3.40. The molecule has 3 aromatic carbocycles. The van der Waals surface area contributed by atoms with E-state index in [1.54, 1.807) is 0 Å². The molecule has 42 heavy (non-hydrogen) atoms. The van der Waals surface area contributed by atoms with E-state index in [1.807, 2.05) is 111 Å². The van der Waals surface area contributed by atoms with Gasteiger partial charge in [-0.1, -0.05) is 88.4 Å². The molecule has 2 atom stereocenters. The molecule has 0 bridgehead atoms. The molecule has 0 aliphatic heterocycles. The van der Waals surface area contributed by atoms with Gasteiger partial charge in [0.2, 0.25) is 0 Å². The molecule has 216 valence electrons. The van der Waals surface area contributed by atoms with Gasteiger partial charge in [-0.05, 0) is 52.8 Å². The van der Waals surface area contributed by atoms with E-state index in [0.717, 1.165) is 34.0 Å². The van der Waals surface area contributed by atoms with Gasteiger partial charge >= 0.3 is 0 Å². The van der Waals surface area contributed by atoms with Crippen LogP contribution in [-0.2, 0) is 13.6 Å². The number of fused-ring (bicyclic) bond motifs is 1. The van der Waals surface area contributed by atoms with Crippen molar-refractivity contribution in [2.75, 3.05) is 0 Å². The maximum Gasteiger partial charge on any atom is 0.268 e. The number of amidine groups is 1. The zero-order valence-corrected chi connectivity index (χ0v) is 25.3. The number of rotatable bonds is 9. The summed E-state index contributed by atoms with van der Waals surface area (Å²) in [7, 11) is 1.98. The number of aryl methyl sites for hydroxylation is 1. The molecule has 0 spiro atoms. The number of pyridine rings is 1. The Morgan fingerprint density at radius 1 is 0.929 bits per heavy atom. The smallest absolute Gasteiger partial charge is 0.268 e. The first-order valence-electron chi connectivity index (χ1n) is 14.7. The Bertz CT molecular complexity index is 1650. The second-order valence-corrected chi connectivity index (χ2v) is 10.4. The number of carbonyl (C=O) groups excluding carboxylic acids is 1. The van der Waals surface area contributed by atoms with E-state index in [2.05, 4.69) is 41.9 Å². The third-order valence-electron chi connectivity index (χ3n) is 7.68. The number of nitrogens with two attached hydrogens (primary N) is 1. The van der Waals surface area contributed by atoms with Crippen LogP contribution in [0.1, 0.15) is 84.4 Å². The minimum atomic E-state index is -0.309. The van der Waals surface area contributed by atoms with Gasteiger partial charge in [-0.2, -0.15) is 0 Å². The topological polar surface area (TPSA) is 87.8 Å². The molecule has 1 amide bonds. The van der Waals surface area contributed by atoms with Gasteiger partial charge in [0, 0.05) is 35.1 Å². The minimum absolute atomic E-state index is 0.0261. The highest BCUT2D eigenvalue weighted by molar-refractivity contribution is 6.00. The fraction of sp³-hybridized carbons (Fsp3) is 0.250. The van der Waals surface area contributed by atoms with Crippen molar-refractivity contribution in [3.8, 4) is 0 Å². The summed E-state index contributed by atoms with van der Waals surface area (Å²) >= 11 is 0. The average molecular weight is 561 g/mol. The zero-order valence-electron chi connectivity index (χ0n) is 25.3. The van der Waals surface area contributed by atoms with Crippen molar-refractivity contribution in [3.63, 3.8) is 0 Å². The van der Waals surface area contributed by atoms with Crippen molar-refractivity contribution in [1.82, 2.24) is 9.88 Å². The van der Waals surface area contributed by atoms with Gasteiger partial charge < -0.3 is 15.6 Å². The summed E-state index contributed by atoms with van der Waals surface area (Å²) in [6.45, 7) is 8.89. The number of amides is 1. The number of carbonyl (C=O) groups is 1. The standard InChI is InChI=1S/C34H35N5O.C2H6/c1-4-23(2)28-14-9-15-30-29(28)21-31(39(30)22-24-10-8-13-27(20-24)33(35)36)34(40)37-32(25-11-6-5-7-12-25)26-16-18-38(3)19-17-26;1-2/h5-21,23,32H,4,22H2,1-3H3,(H3-,35,36,37,40);1-2H3/p+1. The number of nitrogens with zero attached hydrogens (tertiary/aromatic N) is 2. The van der Waals surface area contributed by atoms with Gasteiger partial charge in [-0.15, -0.1) is 0 Å². The Morgan fingerprint density at radius 2 is 1.60 bits per heavy atom. The molecule has 0 saturated heterocycles. The van der Waals surface area contributed by atoms with Gasteiger partial charge in [0.15, 0.2) is 12.4 Å². The molecule has 2 unspecified atom stereocenters. The van der Waals surface area contributed by atoms with Gasteiger partial charge in [0.1, 0.15) is 18.6 Å². The third-order valence-corrected chi connectivity index (χ3v) is 7.68. The van der Waals surface area contributed by atoms with E-state index in [0.29, 0.717) is 23.7 Å². The molecular formula is C36H42N5O+. The van der Waals surface area contributed by atoms with Gasteiger partial charge in [-0.3, -0.25) is 10.2 Å². The van der Waals surface area contributed by atoms with Crippen LogP contribution in [0.3, 0.4) is 0 Å². The lowest BCUT2D eigenvalue weighted by Crippen LogP contribution is -2.32. The molecule has 6 nitrogen and oxygen atoms in total. The second kappa shape index (κ2) is 13.8. The molecule has 0 radical (unpaired) electrons. The molecule has 5 aromatic rings. The predicted molar refractivity (Wildman–Crippen MR) is 172 cm³/mol. The summed E-state index contributed by atoms with van der Waals surface area (Å²) < 4.78 is 4.07. The van der Waals surface area contributed by atoms with Crippen molar-refractivity contribution in [1.29, 1.82) is 5.41 Å². The summed E-state index contributed by atoms with van der Waals surface area (Å²) in [6.07, 6.45) is 5.00. The van der Waals surface area contributed by atoms with Gasteiger partial charge in [-0.25, -0.2) is 4.57 Å². The number of nitrogen functional groups attached to an aromatic ring is 1. The maximum atomic E-state index is 14.2. The SMILES string of the molecule is CC.CCC(C)c1cccc2c1cc(C(=O)NC(c1ccccc1)c1cc[n+](C)cc1)n2Cc1cccc(C(=N)N)c1. The monoisotopic (exact) mass is 560 g/mol. The predicted octanol–water partition coefficient (Wildman–Crippen LogP) is 6.86. The molecule has 5 rings (SSSR count). The largest absolute Gasteiger partial charge is 0.384 e. The Labute approximate surface area is 249 Å². The van der Waals surface area contributed by atoms with E-state index in [4.69, 9.17) is 11.1 Å². The second-order valence-electron chi connectivity index (χ2n) is 10.4. The molecule has 4 N–H and O–H groups in total. The number of hydrogen-bond donors (Lipinski definition) is 3. The first-order valence-corrected chi connectivity index (χ1v) is 14.7. The Kier molecular flexibility index (Phi) is 9.92. The number of aromatic nitrogens is 2. The van der Waals surface area contributed by atoms with Crippen molar-refractivity contribution in [2.24, 2.45) is 12.8 Å². The fourth-order valence-corrected chi connectivity index (χ4v) is 5.25. The summed E-state index contributed by atoms with van der Waals surface area (Å²) in [6, 6.07) is 29.9. The van der Waals surface area contributed by atoms with E-state index in [9.17, 15) is 4.79 Å². The van der Waals surface area contributed by atoms with Gasteiger partial charge in [0.25, 0.3) is 5.91 Å². The molecule has 2 aromatic heterocycles. The Hall–Kier alpha value is -4.71. The van der Waals surface area contributed by atoms with Crippen molar-refractivity contribution in [2.45, 2.75) is 52.6 Å². The fourth-order valence-electron chi connectivity index (χ4n) is 5.25. The lowest BCUT2D eigenvalue weighted by atomic mass is 9.95. The number of hydrogen-bond acceptors (Lipinski definition) is 2. The summed E-state index contributed by atoms with van der Waals surface area (Å²) in [5.41, 5.74) is 12.3. The van der Waals surface area contributed by atoms with Crippen LogP contribution in [0.5, 0.6) is 0 Å². The van der Waals surface area contributed by atoms with Gasteiger partial charge in [0.05, 0.1) is 6.04 Å². The van der Waals surface area contributed by atoms with E-state index in [-0.39, 0.29) is 17.8 Å². The molecule has 0 saturated carbocycles. The lowest BCUT2D eigenvalue weighted by molar-refractivity contribution is -0.671. The molecule has 6 heteroatoms.